The molecule has 2 aromatic rings. The fourth-order valence-corrected chi connectivity index (χ4v) is 3.29. The van der Waals surface area contributed by atoms with Gasteiger partial charge in [-0.05, 0) is 36.4 Å². The molecule has 164 valence electrons. The lowest BCUT2D eigenvalue weighted by atomic mass is 10.2. The molecule has 0 saturated heterocycles. The van der Waals surface area contributed by atoms with Crippen molar-refractivity contribution in [2.75, 3.05) is 36.4 Å². The molecule has 0 radical (unpaired) electrons. The number of esters is 2. The van der Waals surface area contributed by atoms with E-state index >= 15 is 0 Å². The molecule has 0 saturated carbocycles. The number of halogens is 2. The number of ether oxygens (including phenoxy) is 2. The molecule has 0 aromatic heterocycles. The smallest absolute Gasteiger partial charge is 0.337 e. The number of hydrogen-bond donors (Lipinski definition) is 2. The molecule has 0 aliphatic carbocycles. The first-order valence-electron chi connectivity index (χ1n) is 8.68. The van der Waals surface area contributed by atoms with Gasteiger partial charge in [0.2, 0.25) is 11.8 Å². The van der Waals surface area contributed by atoms with Gasteiger partial charge in [0, 0.05) is 0 Å². The van der Waals surface area contributed by atoms with Crippen molar-refractivity contribution in [2.24, 2.45) is 0 Å². The Balaban J connectivity index is 1.88. The molecular formula is C20H18Cl2N2O6S. The average molecular weight is 485 g/mol. The maximum atomic E-state index is 12.2. The first kappa shape index (κ1) is 24.5. The summed E-state index contributed by atoms with van der Waals surface area (Å²) in [5, 5.41) is 5.68. The summed E-state index contributed by atoms with van der Waals surface area (Å²) in [5.74, 6) is -2.02. The number of nitrogens with one attached hydrogen (secondary N) is 2. The van der Waals surface area contributed by atoms with Crippen LogP contribution >= 0.6 is 35.0 Å². The van der Waals surface area contributed by atoms with Gasteiger partial charge >= 0.3 is 11.9 Å². The second-order valence-corrected chi connectivity index (χ2v) is 7.76. The zero-order chi connectivity index (χ0) is 23.0. The lowest BCUT2D eigenvalue weighted by molar-refractivity contribution is -0.114. The van der Waals surface area contributed by atoms with Crippen LogP contribution in [-0.4, -0.2) is 49.5 Å². The van der Waals surface area contributed by atoms with Crippen molar-refractivity contribution < 1.29 is 28.7 Å². The number of carbonyl (C=O) groups is 4. The van der Waals surface area contributed by atoms with E-state index in [9.17, 15) is 19.2 Å². The zero-order valence-electron chi connectivity index (χ0n) is 16.5. The second-order valence-electron chi connectivity index (χ2n) is 5.96. The zero-order valence-corrected chi connectivity index (χ0v) is 18.8. The van der Waals surface area contributed by atoms with E-state index in [1.807, 2.05) is 0 Å². The highest BCUT2D eigenvalue weighted by atomic mass is 35.5. The molecule has 0 aliphatic heterocycles. The molecular weight excluding hydrogens is 467 g/mol. The highest BCUT2D eigenvalue weighted by Gasteiger charge is 2.14. The fraction of sp³-hybridized carbons (Fsp3) is 0.200. The molecule has 0 bridgehead atoms. The Kier molecular flexibility index (Phi) is 9.17. The highest BCUT2D eigenvalue weighted by Crippen LogP contribution is 2.25. The maximum Gasteiger partial charge on any atom is 0.337 e. The molecule has 2 aromatic carbocycles. The number of methoxy groups -OCH3 is 2. The van der Waals surface area contributed by atoms with Gasteiger partial charge in [-0.3, -0.25) is 9.59 Å². The van der Waals surface area contributed by atoms with Crippen molar-refractivity contribution in [3.05, 3.63) is 57.6 Å². The Labute approximate surface area is 192 Å². The minimum atomic E-state index is -0.562. The topological polar surface area (TPSA) is 111 Å². The third-order valence-electron chi connectivity index (χ3n) is 3.79. The summed E-state index contributed by atoms with van der Waals surface area (Å²) in [6.45, 7) is 0. The molecule has 0 atom stereocenters. The third kappa shape index (κ3) is 7.16. The third-order valence-corrected chi connectivity index (χ3v) is 5.38. The molecule has 0 aliphatic rings. The molecule has 0 unspecified atom stereocenters. The highest BCUT2D eigenvalue weighted by molar-refractivity contribution is 8.00. The van der Waals surface area contributed by atoms with Gasteiger partial charge in [-0.1, -0.05) is 23.2 Å². The van der Waals surface area contributed by atoms with Crippen molar-refractivity contribution in [2.45, 2.75) is 0 Å². The van der Waals surface area contributed by atoms with Gasteiger partial charge in [-0.15, -0.1) is 11.8 Å². The molecule has 0 fully saturated rings. The molecule has 2 N–H and O–H groups in total. The summed E-state index contributed by atoms with van der Waals surface area (Å²) >= 11 is 13.1. The van der Waals surface area contributed by atoms with Gasteiger partial charge in [0.1, 0.15) is 0 Å². The van der Waals surface area contributed by atoms with Crippen LogP contribution in [0.4, 0.5) is 11.4 Å². The fourth-order valence-electron chi connectivity index (χ4n) is 2.34. The van der Waals surface area contributed by atoms with Crippen LogP contribution in [0.2, 0.25) is 10.0 Å². The van der Waals surface area contributed by atoms with Gasteiger partial charge < -0.3 is 20.1 Å². The first-order valence-corrected chi connectivity index (χ1v) is 10.6. The summed E-state index contributed by atoms with van der Waals surface area (Å²) in [6, 6.07) is 8.69. The Morgan fingerprint density at radius 1 is 0.774 bits per heavy atom. The minimum Gasteiger partial charge on any atom is -0.465 e. The monoisotopic (exact) mass is 484 g/mol. The number of hydrogen-bond acceptors (Lipinski definition) is 7. The number of benzene rings is 2. The maximum absolute atomic E-state index is 12.2. The van der Waals surface area contributed by atoms with Gasteiger partial charge in [-0.25, -0.2) is 9.59 Å². The van der Waals surface area contributed by atoms with Crippen LogP contribution in [0.5, 0.6) is 0 Å². The van der Waals surface area contributed by atoms with E-state index in [0.717, 1.165) is 11.8 Å². The van der Waals surface area contributed by atoms with Gasteiger partial charge in [-0.2, -0.15) is 0 Å². The van der Waals surface area contributed by atoms with E-state index in [1.165, 1.54) is 50.6 Å². The van der Waals surface area contributed by atoms with Crippen LogP contribution in [0.25, 0.3) is 0 Å². The number of amides is 2. The SMILES string of the molecule is COC(=O)c1ccc(Cl)c(NC(=O)CSCC(=O)Nc2cc(C(=O)OC)ccc2Cl)c1. The minimum absolute atomic E-state index is 0.0396. The summed E-state index contributed by atoms with van der Waals surface area (Å²) in [5.41, 5.74) is 0.984. The van der Waals surface area contributed by atoms with Crippen LogP contribution < -0.4 is 10.6 Å². The summed E-state index contributed by atoms with van der Waals surface area (Å²) in [6.07, 6.45) is 0. The van der Waals surface area contributed by atoms with Crippen molar-refractivity contribution in [3.63, 3.8) is 0 Å². The van der Waals surface area contributed by atoms with Crippen molar-refractivity contribution in [1.82, 2.24) is 0 Å². The van der Waals surface area contributed by atoms with Crippen LogP contribution in [0, 0.1) is 0 Å². The normalized spacial score (nSPS) is 10.2. The van der Waals surface area contributed by atoms with E-state index in [-0.39, 0.29) is 44.1 Å². The molecule has 0 heterocycles. The summed E-state index contributed by atoms with van der Waals surface area (Å²) < 4.78 is 9.27. The quantitative estimate of drug-likeness (QED) is 0.546. The Hall–Kier alpha value is -2.75. The van der Waals surface area contributed by atoms with Crippen LogP contribution in [0.3, 0.4) is 0 Å². The summed E-state index contributed by atoms with van der Waals surface area (Å²) in [7, 11) is 2.49. The number of rotatable bonds is 8. The molecule has 2 amide bonds. The number of anilines is 2. The average Bonchev–Trinajstić information content (AvgIpc) is 2.75. The van der Waals surface area contributed by atoms with Gasteiger partial charge in [0.15, 0.2) is 0 Å². The van der Waals surface area contributed by atoms with Crippen molar-refractivity contribution in [1.29, 1.82) is 0 Å². The lowest BCUT2D eigenvalue weighted by Gasteiger charge is -2.10. The summed E-state index contributed by atoms with van der Waals surface area (Å²) in [4.78, 5) is 47.5. The van der Waals surface area contributed by atoms with Gasteiger partial charge in [0.25, 0.3) is 0 Å². The number of thioether (sulfide) groups is 1. The van der Waals surface area contributed by atoms with Gasteiger partial charge in [0.05, 0.1) is 58.3 Å². The van der Waals surface area contributed by atoms with Crippen LogP contribution in [0.15, 0.2) is 36.4 Å². The van der Waals surface area contributed by atoms with Crippen molar-refractivity contribution in [3.8, 4) is 0 Å². The van der Waals surface area contributed by atoms with E-state index in [0.29, 0.717) is 0 Å². The van der Waals surface area contributed by atoms with E-state index < -0.39 is 23.8 Å². The number of carbonyl (C=O) groups excluding carboxylic acids is 4. The van der Waals surface area contributed by atoms with E-state index in [4.69, 9.17) is 23.2 Å². The standard InChI is InChI=1S/C20H18Cl2N2O6S/c1-29-19(27)11-3-5-13(21)15(7-11)23-17(25)9-31-10-18(26)24-16-8-12(20(28)30-2)4-6-14(16)22/h3-8H,9-10H2,1-2H3,(H,23,25)(H,24,26). The first-order chi connectivity index (χ1) is 14.7. The van der Waals surface area contributed by atoms with E-state index in [2.05, 4.69) is 20.1 Å². The molecule has 11 heteroatoms. The van der Waals surface area contributed by atoms with Crippen LogP contribution in [-0.2, 0) is 19.1 Å². The molecule has 31 heavy (non-hydrogen) atoms. The largest absolute Gasteiger partial charge is 0.465 e. The van der Waals surface area contributed by atoms with Crippen molar-refractivity contribution >= 4 is 70.1 Å². The molecule has 8 nitrogen and oxygen atoms in total. The molecule has 2 rings (SSSR count). The predicted octanol–water partition coefficient (Wildman–Crippen LogP) is 3.88. The Morgan fingerprint density at radius 3 is 1.52 bits per heavy atom. The Morgan fingerprint density at radius 2 is 1.16 bits per heavy atom. The lowest BCUT2D eigenvalue weighted by Crippen LogP contribution is -2.19. The molecule has 0 spiro atoms. The Bertz CT molecular complexity index is 936. The predicted molar refractivity (Wildman–Crippen MR) is 120 cm³/mol. The van der Waals surface area contributed by atoms with Crippen LogP contribution in [0.1, 0.15) is 20.7 Å². The second kappa shape index (κ2) is 11.6. The van der Waals surface area contributed by atoms with E-state index in [1.54, 1.807) is 0 Å².